The molecule has 7 nitrogen and oxygen atoms in total. The Kier molecular flexibility index (Phi) is 4.87. The molecule has 2 aliphatic rings. The molecule has 1 aromatic rings. The molecule has 0 radical (unpaired) electrons. The highest BCUT2D eigenvalue weighted by Crippen LogP contribution is 2.24. The summed E-state index contributed by atoms with van der Waals surface area (Å²) in [5.41, 5.74) is 0.214. The average molecular weight is 349 g/mol. The molecule has 1 aromatic carbocycles. The Morgan fingerprint density at radius 3 is 2.52 bits per heavy atom. The normalized spacial score (nSPS) is 21.5. The van der Waals surface area contributed by atoms with E-state index in [9.17, 15) is 18.8 Å². The fourth-order valence-electron chi connectivity index (χ4n) is 3.30. The number of carbonyl (C=O) groups is 3. The summed E-state index contributed by atoms with van der Waals surface area (Å²) in [5.74, 6) is -1.95. The van der Waals surface area contributed by atoms with Crippen molar-refractivity contribution >= 4 is 23.6 Å². The fraction of sp³-hybridized carbons (Fsp3) is 0.471. The number of carbonyl (C=O) groups excluding carboxylic acids is 2. The van der Waals surface area contributed by atoms with Gasteiger partial charge in [-0.2, -0.15) is 0 Å². The van der Waals surface area contributed by atoms with Crippen LogP contribution < -0.4 is 10.2 Å². The second kappa shape index (κ2) is 7.08. The van der Waals surface area contributed by atoms with Crippen molar-refractivity contribution in [2.45, 2.75) is 25.3 Å². The van der Waals surface area contributed by atoms with Crippen LogP contribution in [0, 0.1) is 11.7 Å². The topological polar surface area (TPSA) is 90.0 Å². The predicted octanol–water partition coefficient (Wildman–Crippen LogP) is 1.44. The maximum atomic E-state index is 13.9. The third-order valence-corrected chi connectivity index (χ3v) is 4.73. The molecule has 0 aliphatic carbocycles. The molecule has 1 unspecified atom stereocenters. The molecule has 2 N–H and O–H groups in total. The summed E-state index contributed by atoms with van der Waals surface area (Å²) in [4.78, 5) is 38.3. The minimum Gasteiger partial charge on any atom is -0.481 e. The number of piperidine rings is 1. The predicted molar refractivity (Wildman–Crippen MR) is 87.6 cm³/mol. The van der Waals surface area contributed by atoms with Crippen LogP contribution in [0.5, 0.6) is 0 Å². The lowest BCUT2D eigenvalue weighted by Crippen LogP contribution is -2.49. The number of hydrogen-bond acceptors (Lipinski definition) is 3. The highest BCUT2D eigenvalue weighted by atomic mass is 19.1. The lowest BCUT2D eigenvalue weighted by atomic mass is 9.97. The molecule has 0 saturated carbocycles. The van der Waals surface area contributed by atoms with Crippen LogP contribution in [0.4, 0.5) is 14.9 Å². The molecule has 3 rings (SSSR count). The summed E-state index contributed by atoms with van der Waals surface area (Å²) in [5, 5.41) is 11.8. The number of benzene rings is 1. The fourth-order valence-corrected chi connectivity index (χ4v) is 3.30. The van der Waals surface area contributed by atoms with Crippen LogP contribution in [0.15, 0.2) is 24.3 Å². The molecule has 25 heavy (non-hydrogen) atoms. The van der Waals surface area contributed by atoms with E-state index in [1.54, 1.807) is 17.0 Å². The number of rotatable bonds is 3. The number of halogens is 1. The third kappa shape index (κ3) is 3.72. The summed E-state index contributed by atoms with van der Waals surface area (Å²) >= 11 is 0. The number of anilines is 1. The Bertz CT molecular complexity index is 688. The number of para-hydroxylation sites is 1. The maximum absolute atomic E-state index is 13.9. The van der Waals surface area contributed by atoms with Gasteiger partial charge < -0.3 is 20.2 Å². The first kappa shape index (κ1) is 17.2. The second-order valence-corrected chi connectivity index (χ2v) is 6.41. The highest BCUT2D eigenvalue weighted by Gasteiger charge is 2.34. The van der Waals surface area contributed by atoms with Gasteiger partial charge in [0.1, 0.15) is 5.82 Å². The van der Waals surface area contributed by atoms with Gasteiger partial charge in [-0.1, -0.05) is 12.1 Å². The average Bonchev–Trinajstić information content (AvgIpc) is 2.95. The SMILES string of the molecule is O=C(O)C1CCN(C(=O)NC2CC(=O)N(c3ccccc3F)C2)CC1. The molecule has 0 aromatic heterocycles. The molecule has 2 saturated heterocycles. The Labute approximate surface area is 144 Å². The molecule has 3 amide bonds. The van der Waals surface area contributed by atoms with E-state index in [0.717, 1.165) is 0 Å². The molecule has 0 spiro atoms. The quantitative estimate of drug-likeness (QED) is 0.864. The van der Waals surface area contributed by atoms with Gasteiger partial charge in [0.2, 0.25) is 5.91 Å². The van der Waals surface area contributed by atoms with Crippen LogP contribution >= 0.6 is 0 Å². The standard InChI is InChI=1S/C17H20FN3O4/c18-13-3-1-2-4-14(13)21-10-12(9-15(21)22)19-17(25)20-7-5-11(6-8-20)16(23)24/h1-4,11-12H,5-10H2,(H,19,25)(H,23,24). The van der Waals surface area contributed by atoms with Crippen molar-refractivity contribution in [1.82, 2.24) is 10.2 Å². The molecule has 8 heteroatoms. The van der Waals surface area contributed by atoms with Crippen molar-refractivity contribution in [3.8, 4) is 0 Å². The largest absolute Gasteiger partial charge is 0.481 e. The zero-order valence-electron chi connectivity index (χ0n) is 13.7. The number of aliphatic carboxylic acids is 1. The first-order valence-electron chi connectivity index (χ1n) is 8.29. The molecule has 2 fully saturated rings. The van der Waals surface area contributed by atoms with Crippen LogP contribution in [0.2, 0.25) is 0 Å². The van der Waals surface area contributed by atoms with Crippen molar-refractivity contribution < 1.29 is 23.9 Å². The number of nitrogens with zero attached hydrogens (tertiary/aromatic N) is 2. The minimum absolute atomic E-state index is 0.117. The number of nitrogens with one attached hydrogen (secondary N) is 1. The van der Waals surface area contributed by atoms with E-state index in [1.165, 1.54) is 17.0 Å². The zero-order valence-corrected chi connectivity index (χ0v) is 13.7. The van der Waals surface area contributed by atoms with Crippen molar-refractivity contribution in [2.24, 2.45) is 5.92 Å². The number of urea groups is 1. The molecule has 2 heterocycles. The van der Waals surface area contributed by atoms with Crippen LogP contribution in [0.25, 0.3) is 0 Å². The van der Waals surface area contributed by atoms with E-state index >= 15 is 0 Å². The Morgan fingerprint density at radius 2 is 1.88 bits per heavy atom. The van der Waals surface area contributed by atoms with E-state index in [-0.39, 0.29) is 30.6 Å². The lowest BCUT2D eigenvalue weighted by molar-refractivity contribution is -0.143. The molecule has 2 aliphatic heterocycles. The van der Waals surface area contributed by atoms with Gasteiger partial charge in [-0.25, -0.2) is 9.18 Å². The molecule has 1 atom stereocenters. The molecular formula is C17H20FN3O4. The van der Waals surface area contributed by atoms with Gasteiger partial charge in [-0.15, -0.1) is 0 Å². The number of amides is 3. The van der Waals surface area contributed by atoms with Gasteiger partial charge >= 0.3 is 12.0 Å². The van der Waals surface area contributed by atoms with Crippen molar-refractivity contribution in [3.05, 3.63) is 30.1 Å². The van der Waals surface area contributed by atoms with Gasteiger partial charge in [0.05, 0.1) is 17.6 Å². The van der Waals surface area contributed by atoms with Gasteiger partial charge in [-0.3, -0.25) is 9.59 Å². The number of carboxylic acid groups (broad SMARTS) is 1. The van der Waals surface area contributed by atoms with E-state index in [0.29, 0.717) is 25.9 Å². The minimum atomic E-state index is -0.832. The van der Waals surface area contributed by atoms with Gasteiger partial charge in [0.25, 0.3) is 0 Å². The number of likely N-dealkylation sites (tertiary alicyclic amines) is 1. The van der Waals surface area contributed by atoms with E-state index < -0.39 is 23.7 Å². The summed E-state index contributed by atoms with van der Waals surface area (Å²) in [6.45, 7) is 0.970. The van der Waals surface area contributed by atoms with Crippen molar-refractivity contribution in [3.63, 3.8) is 0 Å². The zero-order chi connectivity index (χ0) is 18.0. The van der Waals surface area contributed by atoms with Crippen LogP contribution in [0.1, 0.15) is 19.3 Å². The lowest BCUT2D eigenvalue weighted by Gasteiger charge is -2.31. The van der Waals surface area contributed by atoms with E-state index in [4.69, 9.17) is 5.11 Å². The second-order valence-electron chi connectivity index (χ2n) is 6.41. The summed E-state index contributed by atoms with van der Waals surface area (Å²) in [6, 6.07) is 5.34. The number of hydrogen-bond donors (Lipinski definition) is 2. The Balaban J connectivity index is 1.56. The summed E-state index contributed by atoms with van der Waals surface area (Å²) < 4.78 is 13.9. The first-order chi connectivity index (χ1) is 12.0. The smallest absolute Gasteiger partial charge is 0.317 e. The Hall–Kier alpha value is -2.64. The van der Waals surface area contributed by atoms with Gasteiger partial charge in [0, 0.05) is 26.1 Å². The molecular weight excluding hydrogens is 329 g/mol. The maximum Gasteiger partial charge on any atom is 0.317 e. The van der Waals surface area contributed by atoms with Crippen LogP contribution in [0.3, 0.4) is 0 Å². The molecule has 0 bridgehead atoms. The monoisotopic (exact) mass is 349 g/mol. The van der Waals surface area contributed by atoms with Crippen LogP contribution in [-0.2, 0) is 9.59 Å². The molecule has 134 valence electrons. The summed E-state index contributed by atoms with van der Waals surface area (Å²) in [7, 11) is 0. The first-order valence-corrected chi connectivity index (χ1v) is 8.29. The van der Waals surface area contributed by atoms with E-state index in [2.05, 4.69) is 5.32 Å². The number of carboxylic acids is 1. The summed E-state index contributed by atoms with van der Waals surface area (Å²) in [6.07, 6.45) is 0.965. The highest BCUT2D eigenvalue weighted by molar-refractivity contribution is 5.96. The van der Waals surface area contributed by atoms with Crippen molar-refractivity contribution in [1.29, 1.82) is 0 Å². The Morgan fingerprint density at radius 1 is 1.20 bits per heavy atom. The van der Waals surface area contributed by atoms with Gasteiger partial charge in [-0.05, 0) is 25.0 Å². The van der Waals surface area contributed by atoms with E-state index in [1.807, 2.05) is 0 Å². The van der Waals surface area contributed by atoms with Gasteiger partial charge in [0.15, 0.2) is 0 Å². The van der Waals surface area contributed by atoms with Crippen molar-refractivity contribution in [2.75, 3.05) is 24.5 Å². The van der Waals surface area contributed by atoms with Crippen LogP contribution in [-0.4, -0.2) is 53.6 Å². The third-order valence-electron chi connectivity index (χ3n) is 4.73.